The van der Waals surface area contributed by atoms with E-state index in [0.717, 1.165) is 22.4 Å². The van der Waals surface area contributed by atoms with Crippen LogP contribution in [0.5, 0.6) is 17.2 Å². The van der Waals surface area contributed by atoms with Gasteiger partial charge in [0, 0.05) is 35.2 Å². The fourth-order valence-electron chi connectivity index (χ4n) is 3.70. The highest BCUT2D eigenvalue weighted by Gasteiger charge is 2.26. The molecular formula is C24H23ClN2O5. The molecule has 8 heteroatoms. The molecule has 166 valence electrons. The minimum absolute atomic E-state index is 0.104. The van der Waals surface area contributed by atoms with Crippen LogP contribution in [0.3, 0.4) is 0 Å². The van der Waals surface area contributed by atoms with Gasteiger partial charge in [0.05, 0.1) is 33.6 Å². The van der Waals surface area contributed by atoms with Gasteiger partial charge in [-0.25, -0.2) is 0 Å². The largest absolute Gasteiger partial charge is 0.493 e. The number of carbonyl (C=O) groups is 1. The fraction of sp³-hybridized carbons (Fsp3) is 0.250. The highest BCUT2D eigenvalue weighted by molar-refractivity contribution is 6.30. The van der Waals surface area contributed by atoms with Crippen LogP contribution in [-0.2, 0) is 17.8 Å². The second-order valence-corrected chi connectivity index (χ2v) is 7.68. The number of fused-ring (bicyclic) bond motifs is 1. The van der Waals surface area contributed by atoms with Gasteiger partial charge < -0.3 is 23.6 Å². The van der Waals surface area contributed by atoms with Crippen molar-refractivity contribution in [3.8, 4) is 28.6 Å². The normalized spacial score (nSPS) is 13.2. The van der Waals surface area contributed by atoms with Crippen LogP contribution in [0, 0.1) is 0 Å². The number of hydrogen-bond acceptors (Lipinski definition) is 6. The number of nitrogens with zero attached hydrogens (tertiary/aromatic N) is 2. The molecule has 0 saturated carbocycles. The molecule has 0 unspecified atom stereocenters. The van der Waals surface area contributed by atoms with Crippen molar-refractivity contribution in [2.45, 2.75) is 13.0 Å². The number of methoxy groups -OCH3 is 3. The average Bonchev–Trinajstić information content (AvgIpc) is 3.25. The summed E-state index contributed by atoms with van der Waals surface area (Å²) < 4.78 is 21.7. The van der Waals surface area contributed by atoms with Gasteiger partial charge in [-0.05, 0) is 48.0 Å². The van der Waals surface area contributed by atoms with E-state index in [0.29, 0.717) is 47.5 Å². The van der Waals surface area contributed by atoms with E-state index in [4.69, 9.17) is 30.3 Å². The number of benzene rings is 2. The Labute approximate surface area is 191 Å². The first-order valence-electron chi connectivity index (χ1n) is 10.0. The Hall–Kier alpha value is -3.45. The summed E-state index contributed by atoms with van der Waals surface area (Å²) in [5, 5.41) is 4.84. The van der Waals surface area contributed by atoms with Gasteiger partial charge in [0.15, 0.2) is 17.3 Å². The SMILES string of the molecule is COc1cc(/C=C/C(=O)N2CCc3noc(-c4ccc(Cl)cc4)c3C2)cc(OC)c1OC. The van der Waals surface area contributed by atoms with Crippen molar-refractivity contribution >= 4 is 23.6 Å². The van der Waals surface area contributed by atoms with Crippen LogP contribution in [0.2, 0.25) is 5.02 Å². The Bertz CT molecular complexity index is 1130. The summed E-state index contributed by atoms with van der Waals surface area (Å²) in [6.45, 7) is 0.993. The maximum absolute atomic E-state index is 12.9. The summed E-state index contributed by atoms with van der Waals surface area (Å²) in [5.74, 6) is 2.12. The molecule has 1 amide bonds. The molecule has 1 aromatic heterocycles. The molecule has 2 aromatic carbocycles. The van der Waals surface area contributed by atoms with E-state index in [1.54, 1.807) is 62.6 Å². The van der Waals surface area contributed by atoms with Gasteiger partial charge in [-0.3, -0.25) is 4.79 Å². The van der Waals surface area contributed by atoms with Gasteiger partial charge in [-0.1, -0.05) is 16.8 Å². The Morgan fingerprint density at radius 2 is 1.78 bits per heavy atom. The number of hydrogen-bond donors (Lipinski definition) is 0. The van der Waals surface area contributed by atoms with Crippen molar-refractivity contribution < 1.29 is 23.5 Å². The third-order valence-corrected chi connectivity index (χ3v) is 5.61. The number of halogens is 1. The zero-order chi connectivity index (χ0) is 22.7. The number of rotatable bonds is 6. The second-order valence-electron chi connectivity index (χ2n) is 7.25. The van der Waals surface area contributed by atoms with Crippen molar-refractivity contribution in [2.75, 3.05) is 27.9 Å². The first kappa shape index (κ1) is 21.8. The third-order valence-electron chi connectivity index (χ3n) is 5.36. The predicted octanol–water partition coefficient (Wildman–Crippen LogP) is 4.62. The van der Waals surface area contributed by atoms with E-state index in [9.17, 15) is 4.79 Å². The zero-order valence-corrected chi connectivity index (χ0v) is 18.8. The molecule has 0 spiro atoms. The first-order valence-corrected chi connectivity index (χ1v) is 10.4. The van der Waals surface area contributed by atoms with Gasteiger partial charge in [0.1, 0.15) is 0 Å². The maximum Gasteiger partial charge on any atom is 0.246 e. The summed E-state index contributed by atoms with van der Waals surface area (Å²) in [5.41, 5.74) is 3.45. The van der Waals surface area contributed by atoms with E-state index < -0.39 is 0 Å². The van der Waals surface area contributed by atoms with Crippen molar-refractivity contribution in [3.63, 3.8) is 0 Å². The van der Waals surface area contributed by atoms with Crippen LogP contribution < -0.4 is 14.2 Å². The van der Waals surface area contributed by atoms with Crippen molar-refractivity contribution in [1.29, 1.82) is 0 Å². The first-order chi connectivity index (χ1) is 15.5. The molecule has 2 heterocycles. The van der Waals surface area contributed by atoms with Crippen molar-refractivity contribution in [3.05, 3.63) is 64.3 Å². The summed E-state index contributed by atoms with van der Waals surface area (Å²) >= 11 is 5.99. The molecular weight excluding hydrogens is 432 g/mol. The summed E-state index contributed by atoms with van der Waals surface area (Å²) in [6.07, 6.45) is 3.91. The Kier molecular flexibility index (Phi) is 6.37. The van der Waals surface area contributed by atoms with Crippen molar-refractivity contribution in [2.24, 2.45) is 0 Å². The lowest BCUT2D eigenvalue weighted by Gasteiger charge is -2.25. The highest BCUT2D eigenvalue weighted by Crippen LogP contribution is 2.38. The monoisotopic (exact) mass is 454 g/mol. The Balaban J connectivity index is 1.53. The lowest BCUT2D eigenvalue weighted by atomic mass is 10.0. The quantitative estimate of drug-likeness (QED) is 0.506. The van der Waals surface area contributed by atoms with Gasteiger partial charge in [0.2, 0.25) is 11.7 Å². The molecule has 3 aromatic rings. The molecule has 0 N–H and O–H groups in total. The van der Waals surface area contributed by atoms with E-state index in [2.05, 4.69) is 5.16 Å². The highest BCUT2D eigenvalue weighted by atomic mass is 35.5. The smallest absolute Gasteiger partial charge is 0.246 e. The van der Waals surface area contributed by atoms with Crippen LogP contribution in [0.4, 0.5) is 0 Å². The van der Waals surface area contributed by atoms with Crippen LogP contribution in [0.25, 0.3) is 17.4 Å². The van der Waals surface area contributed by atoms with E-state index in [-0.39, 0.29) is 5.91 Å². The van der Waals surface area contributed by atoms with Gasteiger partial charge in [-0.15, -0.1) is 0 Å². The van der Waals surface area contributed by atoms with Gasteiger partial charge >= 0.3 is 0 Å². The summed E-state index contributed by atoms with van der Waals surface area (Å²) in [4.78, 5) is 14.7. The molecule has 32 heavy (non-hydrogen) atoms. The molecule has 4 rings (SSSR count). The molecule has 0 fully saturated rings. The van der Waals surface area contributed by atoms with Crippen molar-refractivity contribution in [1.82, 2.24) is 10.1 Å². The fourth-order valence-corrected chi connectivity index (χ4v) is 3.83. The van der Waals surface area contributed by atoms with Crippen LogP contribution in [0.15, 0.2) is 47.0 Å². The summed E-state index contributed by atoms with van der Waals surface area (Å²) in [6, 6.07) is 11.0. The molecule has 1 aliphatic heterocycles. The molecule has 7 nitrogen and oxygen atoms in total. The number of carbonyl (C=O) groups excluding carboxylic acids is 1. The zero-order valence-electron chi connectivity index (χ0n) is 18.1. The average molecular weight is 455 g/mol. The lowest BCUT2D eigenvalue weighted by Crippen LogP contribution is -2.34. The standard InChI is InChI=1S/C24H23ClN2O5/c1-29-20-12-15(13-21(30-2)24(20)31-3)4-9-22(28)27-11-10-19-18(14-27)23(32-26-19)16-5-7-17(25)8-6-16/h4-9,12-13H,10-11,14H2,1-3H3/b9-4+. The van der Waals surface area contributed by atoms with E-state index >= 15 is 0 Å². The number of aromatic nitrogens is 1. The van der Waals surface area contributed by atoms with Gasteiger partial charge in [-0.2, -0.15) is 0 Å². The molecule has 0 radical (unpaired) electrons. The third kappa shape index (κ3) is 4.29. The van der Waals surface area contributed by atoms with Crippen LogP contribution >= 0.6 is 11.6 Å². The minimum Gasteiger partial charge on any atom is -0.493 e. The number of amides is 1. The lowest BCUT2D eigenvalue weighted by molar-refractivity contribution is -0.126. The number of ether oxygens (including phenoxy) is 3. The maximum atomic E-state index is 12.9. The summed E-state index contributed by atoms with van der Waals surface area (Å²) in [7, 11) is 4.66. The molecule has 0 atom stereocenters. The molecule has 0 bridgehead atoms. The Morgan fingerprint density at radius 3 is 2.41 bits per heavy atom. The van der Waals surface area contributed by atoms with E-state index in [1.807, 2.05) is 12.1 Å². The molecule has 1 aliphatic rings. The predicted molar refractivity (Wildman–Crippen MR) is 121 cm³/mol. The topological polar surface area (TPSA) is 74.0 Å². The second kappa shape index (κ2) is 9.36. The van der Waals surface area contributed by atoms with Crippen LogP contribution in [0.1, 0.15) is 16.8 Å². The molecule has 0 saturated heterocycles. The van der Waals surface area contributed by atoms with Crippen LogP contribution in [-0.4, -0.2) is 43.8 Å². The Morgan fingerprint density at radius 1 is 1.09 bits per heavy atom. The van der Waals surface area contributed by atoms with E-state index in [1.165, 1.54) is 0 Å². The minimum atomic E-state index is -0.104. The molecule has 0 aliphatic carbocycles. The van der Waals surface area contributed by atoms with Gasteiger partial charge in [0.25, 0.3) is 0 Å².